The van der Waals surface area contributed by atoms with Gasteiger partial charge in [-0.3, -0.25) is 0 Å². The van der Waals surface area contributed by atoms with E-state index in [1.165, 1.54) is 64.2 Å². The van der Waals surface area contributed by atoms with Crippen LogP contribution in [0.25, 0.3) is 0 Å². The lowest BCUT2D eigenvalue weighted by molar-refractivity contribution is 0.661. The fourth-order valence-corrected chi connectivity index (χ4v) is 4.06. The molecule has 0 aliphatic rings. The van der Waals surface area contributed by atoms with Gasteiger partial charge in [-0.05, 0) is 25.7 Å². The van der Waals surface area contributed by atoms with Crippen LogP contribution < -0.4 is 0 Å². The maximum absolute atomic E-state index is 2.60. The van der Waals surface area contributed by atoms with Crippen molar-refractivity contribution in [2.45, 2.75) is 97.7 Å². The number of allylic oxidation sites excluding steroid dienone is 2. The molecular formula is C17H36Si. The molecule has 0 saturated heterocycles. The lowest BCUT2D eigenvalue weighted by atomic mass is 10.1. The molecule has 0 radical (unpaired) electrons. The molecule has 0 atom stereocenters. The van der Waals surface area contributed by atoms with Crippen LogP contribution in [0.15, 0.2) is 11.3 Å². The minimum absolute atomic E-state index is 1.05. The Bertz CT molecular complexity index is 210. The Morgan fingerprint density at radius 1 is 0.778 bits per heavy atom. The minimum atomic E-state index is -1.05. The highest BCUT2D eigenvalue weighted by molar-refractivity contribution is 6.83. The van der Waals surface area contributed by atoms with E-state index < -0.39 is 8.07 Å². The standard InChI is InChI=1S/C17H36Si/c1-6-8-10-12-14-16-17(18(3,4)5)15-13-11-9-7-2/h16H,6-15H2,1-5H3/b17-16+. The summed E-state index contributed by atoms with van der Waals surface area (Å²) in [5.41, 5.74) is 0. The van der Waals surface area contributed by atoms with E-state index >= 15 is 0 Å². The average molecular weight is 269 g/mol. The third-order valence-electron chi connectivity index (χ3n) is 3.71. The summed E-state index contributed by atoms with van der Waals surface area (Å²) in [6.45, 7) is 12.1. The van der Waals surface area contributed by atoms with Crippen molar-refractivity contribution in [3.8, 4) is 0 Å². The summed E-state index contributed by atoms with van der Waals surface area (Å²) in [7, 11) is -1.05. The fraction of sp³-hybridized carbons (Fsp3) is 0.882. The maximum atomic E-state index is 2.60. The van der Waals surface area contributed by atoms with Crippen molar-refractivity contribution in [1.82, 2.24) is 0 Å². The molecule has 0 amide bonds. The van der Waals surface area contributed by atoms with Crippen LogP contribution in [-0.4, -0.2) is 8.07 Å². The molecule has 0 aromatic heterocycles. The van der Waals surface area contributed by atoms with E-state index in [9.17, 15) is 0 Å². The first-order valence-electron chi connectivity index (χ1n) is 8.21. The molecule has 0 nitrogen and oxygen atoms in total. The molecule has 0 aliphatic heterocycles. The van der Waals surface area contributed by atoms with Crippen molar-refractivity contribution in [2.75, 3.05) is 0 Å². The van der Waals surface area contributed by atoms with Gasteiger partial charge in [0.2, 0.25) is 0 Å². The van der Waals surface area contributed by atoms with Gasteiger partial charge >= 0.3 is 0 Å². The first-order chi connectivity index (χ1) is 8.52. The van der Waals surface area contributed by atoms with E-state index in [0.29, 0.717) is 0 Å². The highest BCUT2D eigenvalue weighted by Gasteiger charge is 2.18. The van der Waals surface area contributed by atoms with Gasteiger partial charge in [0.25, 0.3) is 0 Å². The van der Waals surface area contributed by atoms with Crippen molar-refractivity contribution >= 4 is 8.07 Å². The SMILES string of the molecule is CCCCCC/C=C(\CCCCCC)[Si](C)(C)C. The van der Waals surface area contributed by atoms with E-state index in [1.54, 1.807) is 0 Å². The Morgan fingerprint density at radius 2 is 1.33 bits per heavy atom. The molecule has 0 bridgehead atoms. The smallest absolute Gasteiger partial charge is 0.0720 e. The van der Waals surface area contributed by atoms with Crippen LogP contribution in [0, 0.1) is 0 Å². The van der Waals surface area contributed by atoms with Crippen LogP contribution in [0.3, 0.4) is 0 Å². The van der Waals surface area contributed by atoms with E-state index in [2.05, 4.69) is 39.6 Å². The third-order valence-corrected chi connectivity index (χ3v) is 6.09. The zero-order chi connectivity index (χ0) is 13.9. The van der Waals surface area contributed by atoms with Gasteiger partial charge in [-0.15, -0.1) is 0 Å². The van der Waals surface area contributed by atoms with E-state index in [0.717, 1.165) is 0 Å². The summed E-state index contributed by atoms with van der Waals surface area (Å²) in [6.07, 6.45) is 16.5. The summed E-state index contributed by atoms with van der Waals surface area (Å²) in [5, 5.41) is 1.83. The van der Waals surface area contributed by atoms with Crippen LogP contribution in [0.5, 0.6) is 0 Å². The van der Waals surface area contributed by atoms with Crippen LogP contribution in [0.1, 0.15) is 78.1 Å². The van der Waals surface area contributed by atoms with Crippen molar-refractivity contribution < 1.29 is 0 Å². The van der Waals surface area contributed by atoms with Crippen molar-refractivity contribution in [2.24, 2.45) is 0 Å². The molecule has 0 aromatic rings. The van der Waals surface area contributed by atoms with Crippen LogP contribution in [-0.2, 0) is 0 Å². The highest BCUT2D eigenvalue weighted by atomic mass is 28.3. The molecule has 18 heavy (non-hydrogen) atoms. The molecule has 0 spiro atoms. The largest absolute Gasteiger partial charge is 0.0892 e. The topological polar surface area (TPSA) is 0 Å². The quantitative estimate of drug-likeness (QED) is 0.288. The highest BCUT2D eigenvalue weighted by Crippen LogP contribution is 2.22. The van der Waals surface area contributed by atoms with Gasteiger partial charge in [0, 0.05) is 0 Å². The Morgan fingerprint density at radius 3 is 1.83 bits per heavy atom. The lowest BCUT2D eigenvalue weighted by Gasteiger charge is -2.21. The molecule has 0 fully saturated rings. The monoisotopic (exact) mass is 268 g/mol. The Hall–Kier alpha value is -0.0431. The third kappa shape index (κ3) is 9.93. The van der Waals surface area contributed by atoms with E-state index in [-0.39, 0.29) is 0 Å². The van der Waals surface area contributed by atoms with Crippen molar-refractivity contribution in [3.63, 3.8) is 0 Å². The average Bonchev–Trinajstić information content (AvgIpc) is 2.30. The predicted octanol–water partition coefficient (Wildman–Crippen LogP) is 6.73. The second kappa shape index (κ2) is 10.8. The van der Waals surface area contributed by atoms with Crippen LogP contribution in [0.2, 0.25) is 19.6 Å². The van der Waals surface area contributed by atoms with Crippen molar-refractivity contribution in [3.05, 3.63) is 11.3 Å². The van der Waals surface area contributed by atoms with Gasteiger partial charge in [0.15, 0.2) is 0 Å². The van der Waals surface area contributed by atoms with Gasteiger partial charge in [-0.1, -0.05) is 83.3 Å². The first kappa shape index (κ1) is 18.0. The van der Waals surface area contributed by atoms with Gasteiger partial charge in [0.05, 0.1) is 8.07 Å². The second-order valence-corrected chi connectivity index (χ2v) is 11.8. The molecule has 0 aliphatic carbocycles. The molecule has 0 heterocycles. The van der Waals surface area contributed by atoms with Gasteiger partial charge in [0.1, 0.15) is 0 Å². The normalized spacial score (nSPS) is 13.1. The Balaban J connectivity index is 4.02. The Kier molecular flexibility index (Phi) is 10.8. The van der Waals surface area contributed by atoms with Gasteiger partial charge < -0.3 is 0 Å². The lowest BCUT2D eigenvalue weighted by Crippen LogP contribution is -2.24. The Labute approximate surface area is 117 Å². The fourth-order valence-electron chi connectivity index (χ4n) is 2.37. The molecular weight excluding hydrogens is 232 g/mol. The summed E-state index contributed by atoms with van der Waals surface area (Å²) in [6, 6.07) is 0. The molecule has 0 rings (SSSR count). The van der Waals surface area contributed by atoms with Crippen LogP contribution >= 0.6 is 0 Å². The number of rotatable bonds is 11. The zero-order valence-electron chi connectivity index (χ0n) is 13.6. The van der Waals surface area contributed by atoms with Gasteiger partial charge in [-0.25, -0.2) is 0 Å². The summed E-state index contributed by atoms with van der Waals surface area (Å²) < 4.78 is 0. The summed E-state index contributed by atoms with van der Waals surface area (Å²) in [4.78, 5) is 0. The number of hydrogen-bond donors (Lipinski definition) is 0. The summed E-state index contributed by atoms with van der Waals surface area (Å²) in [5.74, 6) is 0. The molecule has 0 N–H and O–H groups in total. The van der Waals surface area contributed by atoms with Crippen LogP contribution in [0.4, 0.5) is 0 Å². The van der Waals surface area contributed by atoms with Gasteiger partial charge in [-0.2, -0.15) is 0 Å². The predicted molar refractivity (Wildman–Crippen MR) is 88.9 cm³/mol. The maximum Gasteiger partial charge on any atom is 0.0720 e. The number of hydrogen-bond acceptors (Lipinski definition) is 0. The van der Waals surface area contributed by atoms with Crippen molar-refractivity contribution in [1.29, 1.82) is 0 Å². The second-order valence-electron chi connectivity index (χ2n) is 6.64. The zero-order valence-corrected chi connectivity index (χ0v) is 14.6. The minimum Gasteiger partial charge on any atom is -0.0892 e. The first-order valence-corrected chi connectivity index (χ1v) is 11.7. The molecule has 0 saturated carbocycles. The molecule has 0 aromatic carbocycles. The molecule has 1 heteroatoms. The van der Waals surface area contributed by atoms with E-state index in [4.69, 9.17) is 0 Å². The number of unbranched alkanes of at least 4 members (excludes halogenated alkanes) is 7. The molecule has 0 unspecified atom stereocenters. The summed E-state index contributed by atoms with van der Waals surface area (Å²) >= 11 is 0. The van der Waals surface area contributed by atoms with E-state index in [1.807, 2.05) is 5.20 Å². The molecule has 108 valence electrons.